The molecule has 0 saturated carbocycles. The Bertz CT molecular complexity index is 370. The van der Waals surface area contributed by atoms with Crippen LogP contribution in [0.4, 0.5) is 0 Å². The summed E-state index contributed by atoms with van der Waals surface area (Å²) in [7, 11) is 1.62. The Morgan fingerprint density at radius 3 is 2.72 bits per heavy atom. The first-order chi connectivity index (χ1) is 8.61. The van der Waals surface area contributed by atoms with E-state index in [1.807, 2.05) is 31.2 Å². The first-order valence-corrected chi connectivity index (χ1v) is 7.15. The Morgan fingerprint density at radius 1 is 1.44 bits per heavy atom. The van der Waals surface area contributed by atoms with Crippen molar-refractivity contribution in [3.63, 3.8) is 0 Å². The van der Waals surface area contributed by atoms with Crippen molar-refractivity contribution in [2.24, 2.45) is 0 Å². The van der Waals surface area contributed by atoms with Crippen LogP contribution in [0.15, 0.2) is 29.2 Å². The SMILES string of the molecule is COC[C@H](C)NC(=O)CCSc1ccc(Cl)cc1. The van der Waals surface area contributed by atoms with Crippen molar-refractivity contribution in [2.75, 3.05) is 19.5 Å². The van der Waals surface area contributed by atoms with Gasteiger partial charge in [0.05, 0.1) is 6.61 Å². The maximum atomic E-state index is 11.6. The highest BCUT2D eigenvalue weighted by Gasteiger charge is 2.06. The molecule has 0 aliphatic heterocycles. The summed E-state index contributed by atoms with van der Waals surface area (Å²) in [6.07, 6.45) is 0.501. The van der Waals surface area contributed by atoms with Crippen molar-refractivity contribution in [2.45, 2.75) is 24.3 Å². The van der Waals surface area contributed by atoms with E-state index in [0.717, 1.165) is 15.7 Å². The minimum absolute atomic E-state index is 0.0565. The lowest BCUT2D eigenvalue weighted by molar-refractivity contribution is -0.121. The second-order valence-corrected chi connectivity index (χ2v) is 5.58. The predicted octanol–water partition coefficient (Wildman–Crippen LogP) is 2.97. The molecule has 0 fully saturated rings. The molecule has 1 rings (SSSR count). The average Bonchev–Trinajstić information content (AvgIpc) is 2.32. The zero-order valence-electron chi connectivity index (χ0n) is 10.6. The lowest BCUT2D eigenvalue weighted by Gasteiger charge is -2.12. The molecule has 0 heterocycles. The van der Waals surface area contributed by atoms with Crippen LogP contribution >= 0.6 is 23.4 Å². The summed E-state index contributed by atoms with van der Waals surface area (Å²) in [5.74, 6) is 0.814. The second kappa shape index (κ2) is 8.40. The van der Waals surface area contributed by atoms with Gasteiger partial charge in [-0.25, -0.2) is 0 Å². The molecule has 0 spiro atoms. The minimum atomic E-state index is 0.0565. The molecule has 0 unspecified atom stereocenters. The first-order valence-electron chi connectivity index (χ1n) is 5.78. The van der Waals surface area contributed by atoms with Gasteiger partial charge >= 0.3 is 0 Å². The molecule has 0 saturated heterocycles. The monoisotopic (exact) mass is 287 g/mol. The van der Waals surface area contributed by atoms with Crippen molar-refractivity contribution in [1.29, 1.82) is 0 Å². The molecule has 0 aromatic heterocycles. The number of thioether (sulfide) groups is 1. The number of hydrogen-bond acceptors (Lipinski definition) is 3. The normalized spacial score (nSPS) is 12.2. The van der Waals surface area contributed by atoms with Crippen molar-refractivity contribution in [3.8, 4) is 0 Å². The Kier molecular flexibility index (Phi) is 7.16. The molecule has 1 aromatic carbocycles. The average molecular weight is 288 g/mol. The maximum Gasteiger partial charge on any atom is 0.221 e. The van der Waals surface area contributed by atoms with E-state index in [9.17, 15) is 4.79 Å². The number of halogens is 1. The van der Waals surface area contributed by atoms with E-state index in [-0.39, 0.29) is 11.9 Å². The fourth-order valence-corrected chi connectivity index (χ4v) is 2.41. The van der Waals surface area contributed by atoms with Crippen LogP contribution in [0.3, 0.4) is 0 Å². The number of carbonyl (C=O) groups is 1. The second-order valence-electron chi connectivity index (χ2n) is 3.98. The number of benzene rings is 1. The van der Waals surface area contributed by atoms with Crippen molar-refractivity contribution < 1.29 is 9.53 Å². The van der Waals surface area contributed by atoms with Gasteiger partial charge in [-0.3, -0.25) is 4.79 Å². The Morgan fingerprint density at radius 2 is 2.11 bits per heavy atom. The Hall–Kier alpha value is -0.710. The lowest BCUT2D eigenvalue weighted by Crippen LogP contribution is -2.35. The van der Waals surface area contributed by atoms with Crippen LogP contribution in [0, 0.1) is 0 Å². The van der Waals surface area contributed by atoms with Gasteiger partial charge < -0.3 is 10.1 Å². The van der Waals surface area contributed by atoms with E-state index in [4.69, 9.17) is 16.3 Å². The standard InChI is InChI=1S/C13H18ClNO2S/c1-10(9-17-2)15-13(16)7-8-18-12-5-3-11(14)4-6-12/h3-6,10H,7-9H2,1-2H3,(H,15,16)/t10-/m0/s1. The van der Waals surface area contributed by atoms with E-state index < -0.39 is 0 Å². The number of amides is 1. The zero-order valence-corrected chi connectivity index (χ0v) is 12.2. The third-order valence-electron chi connectivity index (χ3n) is 2.24. The van der Waals surface area contributed by atoms with E-state index in [1.165, 1.54) is 0 Å². The lowest BCUT2D eigenvalue weighted by atomic mass is 10.3. The Balaban J connectivity index is 2.21. The number of nitrogens with one attached hydrogen (secondary N) is 1. The highest BCUT2D eigenvalue weighted by atomic mass is 35.5. The van der Waals surface area contributed by atoms with E-state index >= 15 is 0 Å². The molecule has 1 atom stereocenters. The molecular formula is C13H18ClNO2S. The third-order valence-corrected chi connectivity index (χ3v) is 3.50. The molecule has 0 radical (unpaired) electrons. The largest absolute Gasteiger partial charge is 0.383 e. The van der Waals surface area contributed by atoms with Crippen LogP contribution in [-0.2, 0) is 9.53 Å². The molecule has 0 aliphatic carbocycles. The highest BCUT2D eigenvalue weighted by Crippen LogP contribution is 2.20. The van der Waals surface area contributed by atoms with E-state index in [0.29, 0.717) is 13.0 Å². The third kappa shape index (κ3) is 6.28. The summed E-state index contributed by atoms with van der Waals surface area (Å²) < 4.78 is 4.96. The van der Waals surface area contributed by atoms with Gasteiger partial charge in [-0.15, -0.1) is 11.8 Å². The summed E-state index contributed by atoms with van der Waals surface area (Å²) in [5.41, 5.74) is 0. The van der Waals surface area contributed by atoms with Gasteiger partial charge in [0, 0.05) is 35.2 Å². The topological polar surface area (TPSA) is 38.3 Å². The molecule has 3 nitrogen and oxygen atoms in total. The number of methoxy groups -OCH3 is 1. The van der Waals surface area contributed by atoms with Gasteiger partial charge in [0.15, 0.2) is 0 Å². The van der Waals surface area contributed by atoms with Crippen LogP contribution in [0.2, 0.25) is 5.02 Å². The summed E-state index contributed by atoms with van der Waals surface area (Å²) in [6, 6.07) is 7.68. The van der Waals surface area contributed by atoms with Crippen LogP contribution < -0.4 is 5.32 Å². The van der Waals surface area contributed by atoms with Gasteiger partial charge in [-0.2, -0.15) is 0 Å². The van der Waals surface area contributed by atoms with Crippen LogP contribution in [0.25, 0.3) is 0 Å². The summed E-state index contributed by atoms with van der Waals surface area (Å²) in [4.78, 5) is 12.7. The smallest absolute Gasteiger partial charge is 0.221 e. The molecule has 0 aliphatic rings. The molecule has 1 N–H and O–H groups in total. The quantitative estimate of drug-likeness (QED) is 0.784. The van der Waals surface area contributed by atoms with Gasteiger partial charge in [0.2, 0.25) is 5.91 Å². The van der Waals surface area contributed by atoms with Gasteiger partial charge in [-0.05, 0) is 31.2 Å². The number of carbonyl (C=O) groups excluding carboxylic acids is 1. The fourth-order valence-electron chi connectivity index (χ4n) is 1.43. The molecule has 5 heteroatoms. The molecule has 0 bridgehead atoms. The van der Waals surface area contributed by atoms with Gasteiger partial charge in [0.25, 0.3) is 0 Å². The number of ether oxygens (including phenoxy) is 1. The van der Waals surface area contributed by atoms with E-state index in [2.05, 4.69) is 5.32 Å². The highest BCUT2D eigenvalue weighted by molar-refractivity contribution is 7.99. The van der Waals surface area contributed by atoms with Gasteiger partial charge in [0.1, 0.15) is 0 Å². The molecule has 1 aromatic rings. The summed E-state index contributed by atoms with van der Waals surface area (Å²) in [6.45, 7) is 2.46. The maximum absolute atomic E-state index is 11.6. The van der Waals surface area contributed by atoms with Crippen molar-refractivity contribution in [3.05, 3.63) is 29.3 Å². The Labute approximate surface area is 117 Å². The zero-order chi connectivity index (χ0) is 13.4. The van der Waals surface area contributed by atoms with E-state index in [1.54, 1.807) is 18.9 Å². The first kappa shape index (κ1) is 15.3. The number of hydrogen-bond donors (Lipinski definition) is 1. The van der Waals surface area contributed by atoms with Crippen LogP contribution in [0.1, 0.15) is 13.3 Å². The molecule has 1 amide bonds. The summed E-state index contributed by atoms with van der Waals surface area (Å²) >= 11 is 7.45. The predicted molar refractivity (Wildman–Crippen MR) is 76.3 cm³/mol. The minimum Gasteiger partial charge on any atom is -0.383 e. The van der Waals surface area contributed by atoms with Crippen molar-refractivity contribution >= 4 is 29.3 Å². The molecule has 100 valence electrons. The van der Waals surface area contributed by atoms with Crippen LogP contribution in [0.5, 0.6) is 0 Å². The number of rotatable bonds is 7. The van der Waals surface area contributed by atoms with Crippen LogP contribution in [-0.4, -0.2) is 31.4 Å². The molecule has 18 heavy (non-hydrogen) atoms. The van der Waals surface area contributed by atoms with Crippen molar-refractivity contribution in [1.82, 2.24) is 5.32 Å². The summed E-state index contributed by atoms with van der Waals surface area (Å²) in [5, 5.41) is 3.61. The fraction of sp³-hybridized carbons (Fsp3) is 0.462. The van der Waals surface area contributed by atoms with Gasteiger partial charge in [-0.1, -0.05) is 11.6 Å². The molecular weight excluding hydrogens is 270 g/mol.